The van der Waals surface area contributed by atoms with Crippen LogP contribution in [0.5, 0.6) is 0 Å². The Labute approximate surface area is 259 Å². The van der Waals surface area contributed by atoms with E-state index < -0.39 is 34.2 Å². The highest BCUT2D eigenvalue weighted by molar-refractivity contribution is 7.12. The molecule has 0 radical (unpaired) electrons. The number of nitro benzene ring substituents is 1. The summed E-state index contributed by atoms with van der Waals surface area (Å²) in [5.41, 5.74) is 2.98. The molecule has 2 aromatic heterocycles. The van der Waals surface area contributed by atoms with E-state index in [9.17, 15) is 24.5 Å². The summed E-state index contributed by atoms with van der Waals surface area (Å²) in [4.78, 5) is 54.0. The lowest BCUT2D eigenvalue weighted by Crippen LogP contribution is -2.33. The first kappa shape index (κ1) is 30.1. The predicted molar refractivity (Wildman–Crippen MR) is 163 cm³/mol. The summed E-state index contributed by atoms with van der Waals surface area (Å²) in [5.74, 6) is -5.14. The summed E-state index contributed by atoms with van der Waals surface area (Å²) in [5, 5.41) is 19.5. The number of thiazole rings is 1. The van der Waals surface area contributed by atoms with Crippen molar-refractivity contribution in [2.75, 3.05) is 12.4 Å². The van der Waals surface area contributed by atoms with Gasteiger partial charge < -0.3 is 10.1 Å². The second kappa shape index (κ2) is 12.9. The Morgan fingerprint density at radius 3 is 2.47 bits per heavy atom. The van der Waals surface area contributed by atoms with E-state index in [0.29, 0.717) is 5.13 Å². The fourth-order valence-corrected chi connectivity index (χ4v) is 6.03. The molecule has 11 nitrogen and oxygen atoms in total. The van der Waals surface area contributed by atoms with Gasteiger partial charge in [0.1, 0.15) is 0 Å². The van der Waals surface area contributed by atoms with E-state index in [1.807, 2.05) is 36.4 Å². The van der Waals surface area contributed by atoms with Crippen molar-refractivity contribution in [3.05, 3.63) is 91.5 Å². The Kier molecular flexibility index (Phi) is 9.00. The number of hydrogen-bond donors (Lipinski definition) is 1. The van der Waals surface area contributed by atoms with Crippen molar-refractivity contribution in [2.45, 2.75) is 31.6 Å². The number of carbonyl (C=O) groups is 3. The number of hydrogen-bond acceptors (Lipinski definition) is 9. The molecular formula is C29H23Cl2N5O6S. The van der Waals surface area contributed by atoms with Crippen molar-refractivity contribution < 1.29 is 24.0 Å². The van der Waals surface area contributed by atoms with Crippen LogP contribution in [0.15, 0.2) is 60.0 Å². The molecule has 0 bridgehead atoms. The molecule has 1 amide bonds. The van der Waals surface area contributed by atoms with Gasteiger partial charge >= 0.3 is 5.97 Å². The molecule has 1 N–H and O–H groups in total. The van der Waals surface area contributed by atoms with Crippen LogP contribution in [0, 0.1) is 10.1 Å². The number of amides is 1. The number of benzene rings is 2. The van der Waals surface area contributed by atoms with Crippen LogP contribution in [-0.2, 0) is 19.1 Å². The van der Waals surface area contributed by atoms with Gasteiger partial charge in [-0.1, -0.05) is 59.6 Å². The average molecular weight is 641 g/mol. The Morgan fingerprint density at radius 2 is 1.84 bits per heavy atom. The highest BCUT2D eigenvalue weighted by Crippen LogP contribution is 2.36. The van der Waals surface area contributed by atoms with Crippen LogP contribution in [0.3, 0.4) is 0 Å². The molecule has 4 aromatic rings. The predicted octanol–water partition coefficient (Wildman–Crippen LogP) is 6.63. The van der Waals surface area contributed by atoms with E-state index in [2.05, 4.69) is 16.4 Å². The third kappa shape index (κ3) is 6.36. The Morgan fingerprint density at radius 1 is 1.12 bits per heavy atom. The van der Waals surface area contributed by atoms with E-state index in [1.165, 1.54) is 5.38 Å². The van der Waals surface area contributed by atoms with Crippen LogP contribution >= 0.6 is 34.5 Å². The molecule has 1 aliphatic rings. The molecule has 0 saturated carbocycles. The van der Waals surface area contributed by atoms with Crippen LogP contribution < -0.4 is 5.32 Å². The number of carbonyl (C=O) groups excluding carboxylic acids is 3. The fraction of sp³-hybridized carbons (Fsp3) is 0.207. The highest BCUT2D eigenvalue weighted by atomic mass is 35.5. The summed E-state index contributed by atoms with van der Waals surface area (Å²) in [6, 6.07) is 13.6. The van der Waals surface area contributed by atoms with Crippen LogP contribution in [0.25, 0.3) is 22.0 Å². The molecule has 2 aromatic carbocycles. The van der Waals surface area contributed by atoms with Crippen LogP contribution in [0.4, 0.5) is 11.4 Å². The molecule has 0 aliphatic heterocycles. The summed E-state index contributed by atoms with van der Waals surface area (Å²) in [6.45, 7) is 0. The van der Waals surface area contributed by atoms with Gasteiger partial charge in [-0.25, -0.2) is 9.67 Å². The number of anilines is 1. The molecule has 0 unspecified atom stereocenters. The molecule has 220 valence electrons. The van der Waals surface area contributed by atoms with Gasteiger partial charge in [-0.2, -0.15) is 5.10 Å². The average Bonchev–Trinajstić information content (AvgIpc) is 3.67. The first-order valence-corrected chi connectivity index (χ1v) is 14.7. The number of ether oxygens (including phenoxy) is 1. The van der Waals surface area contributed by atoms with Gasteiger partial charge in [0.15, 0.2) is 5.92 Å². The van der Waals surface area contributed by atoms with Crippen LogP contribution in [-0.4, -0.2) is 44.5 Å². The number of allylic oxidation sites excluding steroid dienone is 2. The molecule has 2 heterocycles. The molecule has 0 spiro atoms. The molecule has 5 rings (SSSR count). The van der Waals surface area contributed by atoms with Crippen LogP contribution in [0.1, 0.15) is 43.0 Å². The second-order valence-corrected chi connectivity index (χ2v) is 11.2. The van der Waals surface area contributed by atoms with Crippen molar-refractivity contribution >= 4 is 69.1 Å². The van der Waals surface area contributed by atoms with Gasteiger partial charge in [-0.15, -0.1) is 11.3 Å². The van der Waals surface area contributed by atoms with Gasteiger partial charge in [0, 0.05) is 23.1 Å². The van der Waals surface area contributed by atoms with Crippen molar-refractivity contribution in [1.82, 2.24) is 14.8 Å². The standard InChI is InChI=1S/C29H23Cl2N5O6S/c1-42-28(39)24(26(37)27(38)33-25-19(30)12-18(36(40)41)13-20(25)31)22-15-43-29(32-22)35-23(17-10-6-3-7-11-17)14-21(34-35)16-8-4-2-5-9-16/h3,6-8,10-15,24H,2,4-5,9H2,1H3,(H,33,38)/t24-/m0/s1. The smallest absolute Gasteiger partial charge is 0.323 e. The van der Waals surface area contributed by atoms with E-state index in [0.717, 1.165) is 78.8 Å². The number of nitrogens with one attached hydrogen (secondary N) is 1. The molecule has 0 fully saturated rings. The van der Waals surface area contributed by atoms with E-state index in [-0.39, 0.29) is 21.4 Å². The zero-order valence-electron chi connectivity index (χ0n) is 22.6. The van der Waals surface area contributed by atoms with Crippen molar-refractivity contribution in [3.63, 3.8) is 0 Å². The maximum absolute atomic E-state index is 13.3. The number of nitro groups is 1. The zero-order valence-corrected chi connectivity index (χ0v) is 24.9. The lowest BCUT2D eigenvalue weighted by atomic mass is 9.97. The van der Waals surface area contributed by atoms with Gasteiger partial charge in [-0.3, -0.25) is 24.5 Å². The number of Topliss-reactive ketones (excluding diaryl/α,β-unsaturated/α-hetero) is 1. The Balaban J connectivity index is 1.48. The van der Waals surface area contributed by atoms with Crippen molar-refractivity contribution in [1.29, 1.82) is 0 Å². The summed E-state index contributed by atoms with van der Waals surface area (Å²) in [6.07, 6.45) is 6.27. The van der Waals surface area contributed by atoms with E-state index >= 15 is 0 Å². The number of halogens is 2. The lowest BCUT2D eigenvalue weighted by Gasteiger charge is -2.13. The SMILES string of the molecule is COC(=O)[C@H](C(=O)C(=O)Nc1c(Cl)cc([N+](=O)[O-])cc1Cl)c1csc(-n2nc(C3=CCCCC3)cc2-c2ccccc2)n1. The van der Waals surface area contributed by atoms with Crippen molar-refractivity contribution in [3.8, 4) is 16.4 Å². The fourth-order valence-electron chi connectivity index (χ4n) is 4.65. The molecule has 0 saturated heterocycles. The van der Waals surface area contributed by atoms with Gasteiger partial charge in [0.25, 0.3) is 11.6 Å². The summed E-state index contributed by atoms with van der Waals surface area (Å²) < 4.78 is 6.49. The number of nitrogens with zero attached hydrogens (tertiary/aromatic N) is 4. The number of ketones is 1. The maximum atomic E-state index is 13.3. The number of esters is 1. The van der Waals surface area contributed by atoms with Gasteiger partial charge in [0.05, 0.1) is 44.8 Å². The number of non-ortho nitro benzene ring substituents is 1. The lowest BCUT2D eigenvalue weighted by molar-refractivity contribution is -0.384. The molecule has 14 heteroatoms. The van der Waals surface area contributed by atoms with Crippen LogP contribution in [0.2, 0.25) is 10.0 Å². The minimum atomic E-state index is -1.71. The normalized spacial score (nSPS) is 13.6. The van der Waals surface area contributed by atoms with Gasteiger partial charge in [-0.05, 0) is 37.3 Å². The molecular weight excluding hydrogens is 617 g/mol. The van der Waals surface area contributed by atoms with E-state index in [1.54, 1.807) is 4.68 Å². The zero-order chi connectivity index (χ0) is 30.7. The maximum Gasteiger partial charge on any atom is 0.323 e. The molecule has 43 heavy (non-hydrogen) atoms. The largest absolute Gasteiger partial charge is 0.468 e. The molecule has 1 aliphatic carbocycles. The minimum absolute atomic E-state index is 0.0131. The summed E-state index contributed by atoms with van der Waals surface area (Å²) >= 11 is 13.3. The molecule has 1 atom stereocenters. The first-order valence-electron chi connectivity index (χ1n) is 13.0. The summed E-state index contributed by atoms with van der Waals surface area (Å²) in [7, 11) is 1.09. The quantitative estimate of drug-likeness (QED) is 0.0705. The Hall–Kier alpha value is -4.39. The van der Waals surface area contributed by atoms with Crippen molar-refractivity contribution in [2.24, 2.45) is 0 Å². The third-order valence-corrected chi connectivity index (χ3v) is 8.22. The number of aromatic nitrogens is 3. The Bertz CT molecular complexity index is 1740. The topological polar surface area (TPSA) is 146 Å². The van der Waals surface area contributed by atoms with Gasteiger partial charge in [0.2, 0.25) is 10.9 Å². The second-order valence-electron chi connectivity index (χ2n) is 9.54. The minimum Gasteiger partial charge on any atom is -0.468 e. The number of methoxy groups -OCH3 is 1. The third-order valence-electron chi connectivity index (χ3n) is 6.78. The number of rotatable bonds is 9. The monoisotopic (exact) mass is 639 g/mol. The highest BCUT2D eigenvalue weighted by Gasteiger charge is 2.37. The first-order chi connectivity index (χ1) is 20.7. The van der Waals surface area contributed by atoms with E-state index in [4.69, 9.17) is 33.0 Å².